The van der Waals surface area contributed by atoms with E-state index in [0.717, 1.165) is 24.0 Å². The van der Waals surface area contributed by atoms with Gasteiger partial charge in [0.05, 0.1) is 6.61 Å². The Morgan fingerprint density at radius 3 is 2.53 bits per heavy atom. The summed E-state index contributed by atoms with van der Waals surface area (Å²) in [5, 5.41) is 0. The zero-order valence-corrected chi connectivity index (χ0v) is 20.3. The van der Waals surface area contributed by atoms with Gasteiger partial charge in [-0.05, 0) is 23.4 Å². The predicted molar refractivity (Wildman–Crippen MR) is 136 cm³/mol. The third kappa shape index (κ3) is 5.00. The summed E-state index contributed by atoms with van der Waals surface area (Å²) in [6.45, 7) is 4.44. The molecule has 2 aromatic carbocycles. The molecule has 1 aliphatic carbocycles. The van der Waals surface area contributed by atoms with Gasteiger partial charge in [0.1, 0.15) is 11.3 Å². The van der Waals surface area contributed by atoms with Crippen molar-refractivity contribution < 1.29 is 9.47 Å². The van der Waals surface area contributed by atoms with Crippen LogP contribution in [-0.4, -0.2) is 15.8 Å². The van der Waals surface area contributed by atoms with Crippen LogP contribution in [0.4, 0.5) is 0 Å². The van der Waals surface area contributed by atoms with Crippen molar-refractivity contribution in [2.24, 2.45) is 5.92 Å². The Morgan fingerprint density at radius 1 is 1.15 bits per heavy atom. The van der Waals surface area contributed by atoms with Crippen LogP contribution in [-0.2, 0) is 21.6 Å². The average molecular weight is 523 g/mol. The molecule has 1 aliphatic rings. The van der Waals surface area contributed by atoms with Crippen molar-refractivity contribution in [3.05, 3.63) is 123 Å². The molecule has 7 heteroatoms. The maximum atomic E-state index is 13.1. The molecule has 1 saturated carbocycles. The highest BCUT2D eigenvalue weighted by atomic mass is 79.9. The minimum atomic E-state index is -0.891. The van der Waals surface area contributed by atoms with E-state index in [1.54, 1.807) is 9.55 Å². The first kappa shape index (κ1) is 24.0. The summed E-state index contributed by atoms with van der Waals surface area (Å²) in [7, 11) is 0. The van der Waals surface area contributed by atoms with Gasteiger partial charge in [-0.25, -0.2) is 4.79 Å². The second kappa shape index (κ2) is 10.8. The van der Waals surface area contributed by atoms with Crippen molar-refractivity contribution in [3.8, 4) is 0 Å². The Balaban J connectivity index is 1.80. The van der Waals surface area contributed by atoms with Crippen LogP contribution in [0.5, 0.6) is 0 Å². The normalized spacial score (nSPS) is 20.9. The van der Waals surface area contributed by atoms with Crippen molar-refractivity contribution in [2.45, 2.75) is 37.7 Å². The lowest BCUT2D eigenvalue weighted by atomic mass is 9.85. The predicted octanol–water partition coefficient (Wildman–Crippen LogP) is 5.17. The third-order valence-corrected chi connectivity index (χ3v) is 6.61. The summed E-state index contributed by atoms with van der Waals surface area (Å²) < 4.78 is 14.4. The molecule has 0 saturated heterocycles. The molecule has 1 N–H and O–H groups in total. The van der Waals surface area contributed by atoms with Crippen LogP contribution >= 0.6 is 15.9 Å². The van der Waals surface area contributed by atoms with Gasteiger partial charge in [-0.1, -0.05) is 95.7 Å². The molecule has 1 heterocycles. The van der Waals surface area contributed by atoms with Gasteiger partial charge in [-0.15, -0.1) is 0 Å². The fourth-order valence-corrected chi connectivity index (χ4v) is 5.06. The number of ether oxygens (including phenoxy) is 2. The van der Waals surface area contributed by atoms with Crippen molar-refractivity contribution >= 4 is 21.7 Å². The molecule has 0 aliphatic heterocycles. The third-order valence-electron chi connectivity index (χ3n) is 6.31. The fourth-order valence-electron chi connectivity index (χ4n) is 4.69. The van der Waals surface area contributed by atoms with Gasteiger partial charge in [0.25, 0.3) is 5.56 Å². The number of hydrogen-bond donors (Lipinski definition) is 1. The summed E-state index contributed by atoms with van der Waals surface area (Å²) in [6.07, 6.45) is 5.02. The van der Waals surface area contributed by atoms with Crippen LogP contribution in [0.2, 0.25) is 0 Å². The number of aromatic amines is 1. The molecular formula is C27H27BrN2O4. The van der Waals surface area contributed by atoms with Crippen molar-refractivity contribution in [1.29, 1.82) is 0 Å². The van der Waals surface area contributed by atoms with Gasteiger partial charge in [0.2, 0.25) is 6.29 Å². The summed E-state index contributed by atoms with van der Waals surface area (Å²) in [5.74, 6) is 0.365. The van der Waals surface area contributed by atoms with E-state index in [2.05, 4.69) is 27.5 Å². The standard InChI is InChI=1S/C27H27BrN2O4/c1-20(22-11-6-3-7-12-22)34-25(33-19-21-9-4-2-5-10-21)27(16-8-13-23(27)14-17-28)30-18-15-24(31)29-26(30)32/h2-7,9-12,14-15,17-18,23,25H,1,8,13,16,19H2,(H,29,31,32)/b17-14-. The Labute approximate surface area is 206 Å². The van der Waals surface area contributed by atoms with Crippen LogP contribution in [0, 0.1) is 5.92 Å². The van der Waals surface area contributed by atoms with Crippen LogP contribution < -0.4 is 11.2 Å². The highest BCUT2D eigenvalue weighted by molar-refractivity contribution is 9.11. The molecule has 1 fully saturated rings. The lowest BCUT2D eigenvalue weighted by Crippen LogP contribution is -2.54. The monoisotopic (exact) mass is 522 g/mol. The van der Waals surface area contributed by atoms with Gasteiger partial charge in [-0.2, -0.15) is 0 Å². The lowest BCUT2D eigenvalue weighted by molar-refractivity contribution is -0.180. The number of nitrogens with one attached hydrogen (secondary N) is 1. The molecule has 3 unspecified atom stereocenters. The summed E-state index contributed by atoms with van der Waals surface area (Å²) in [6, 6.07) is 20.8. The van der Waals surface area contributed by atoms with E-state index in [0.29, 0.717) is 12.2 Å². The second-order valence-corrected chi connectivity index (χ2v) is 8.85. The van der Waals surface area contributed by atoms with E-state index in [4.69, 9.17) is 9.47 Å². The van der Waals surface area contributed by atoms with Crippen LogP contribution in [0.1, 0.15) is 30.4 Å². The molecule has 0 amide bonds. The van der Waals surface area contributed by atoms with E-state index in [-0.39, 0.29) is 12.5 Å². The molecule has 3 aromatic rings. The van der Waals surface area contributed by atoms with Gasteiger partial charge in [-0.3, -0.25) is 14.3 Å². The SMILES string of the molecule is C=C(OC(OCc1ccccc1)C1(n2ccc(=O)[nH]c2=O)CCCC1/C=C\Br)c1ccccc1. The van der Waals surface area contributed by atoms with Gasteiger partial charge in [0.15, 0.2) is 0 Å². The highest BCUT2D eigenvalue weighted by Crippen LogP contribution is 2.47. The maximum absolute atomic E-state index is 13.1. The zero-order chi connectivity index (χ0) is 24.0. The minimum Gasteiger partial charge on any atom is -0.462 e. The van der Waals surface area contributed by atoms with E-state index in [9.17, 15) is 9.59 Å². The van der Waals surface area contributed by atoms with E-state index < -0.39 is 23.1 Å². The van der Waals surface area contributed by atoms with Crippen molar-refractivity contribution in [2.75, 3.05) is 0 Å². The Morgan fingerprint density at radius 2 is 1.85 bits per heavy atom. The molecule has 0 spiro atoms. The van der Waals surface area contributed by atoms with Crippen LogP contribution in [0.3, 0.4) is 0 Å². The lowest BCUT2D eigenvalue weighted by Gasteiger charge is -2.42. The number of benzene rings is 2. The summed E-state index contributed by atoms with van der Waals surface area (Å²) in [4.78, 5) is 29.1. The second-order valence-electron chi connectivity index (χ2n) is 8.32. The number of rotatable bonds is 9. The quantitative estimate of drug-likeness (QED) is 0.310. The van der Waals surface area contributed by atoms with Gasteiger partial charge >= 0.3 is 5.69 Å². The Hall–Kier alpha value is -3.16. The number of nitrogens with zero attached hydrogens (tertiary/aromatic N) is 1. The number of H-pyrrole nitrogens is 1. The maximum Gasteiger partial charge on any atom is 0.329 e. The first-order valence-corrected chi connectivity index (χ1v) is 12.1. The molecule has 6 nitrogen and oxygen atoms in total. The smallest absolute Gasteiger partial charge is 0.329 e. The number of hydrogen-bond acceptors (Lipinski definition) is 4. The molecular weight excluding hydrogens is 496 g/mol. The molecule has 176 valence electrons. The van der Waals surface area contributed by atoms with E-state index >= 15 is 0 Å². The van der Waals surface area contributed by atoms with Crippen LogP contribution in [0.25, 0.3) is 5.76 Å². The zero-order valence-electron chi connectivity index (χ0n) is 18.7. The first-order valence-electron chi connectivity index (χ1n) is 11.2. The summed E-state index contributed by atoms with van der Waals surface area (Å²) >= 11 is 3.40. The minimum absolute atomic E-state index is 0.0835. The van der Waals surface area contributed by atoms with Crippen molar-refractivity contribution in [3.63, 3.8) is 0 Å². The van der Waals surface area contributed by atoms with Crippen LogP contribution in [0.15, 0.2) is 100 Å². The van der Waals surface area contributed by atoms with Gasteiger partial charge in [0, 0.05) is 23.7 Å². The molecule has 0 bridgehead atoms. The van der Waals surface area contributed by atoms with E-state index in [1.165, 1.54) is 12.3 Å². The number of halogens is 1. The number of allylic oxidation sites excluding steroid dienone is 1. The fraction of sp³-hybridized carbons (Fsp3) is 0.259. The van der Waals surface area contributed by atoms with Crippen molar-refractivity contribution in [1.82, 2.24) is 9.55 Å². The molecule has 34 heavy (non-hydrogen) atoms. The highest BCUT2D eigenvalue weighted by Gasteiger charge is 2.52. The molecule has 4 rings (SSSR count). The Bertz CT molecular complexity index is 1250. The summed E-state index contributed by atoms with van der Waals surface area (Å²) in [5.41, 5.74) is -0.0257. The molecule has 1 aromatic heterocycles. The molecule has 3 atom stereocenters. The first-order chi connectivity index (χ1) is 16.5. The Kier molecular flexibility index (Phi) is 7.65. The number of aromatic nitrogens is 2. The largest absolute Gasteiger partial charge is 0.462 e. The van der Waals surface area contributed by atoms with Gasteiger partial charge < -0.3 is 9.47 Å². The van der Waals surface area contributed by atoms with E-state index in [1.807, 2.05) is 66.7 Å². The molecule has 0 radical (unpaired) electrons. The topological polar surface area (TPSA) is 73.3 Å². The average Bonchev–Trinajstić information content (AvgIpc) is 3.27.